The van der Waals surface area contributed by atoms with Crippen LogP contribution in [0.4, 0.5) is 0 Å². The standard InChI is InChI=1S/C20H24N2O3/c1-15(16-6-4-3-5-7-16)21(2)19(23)17-8-11-22(12-9-17)20(24)18-10-13-25-14-18/h3-7,10,13-15,17H,8-9,11-12H2,1-2H3. The summed E-state index contributed by atoms with van der Waals surface area (Å²) in [6.45, 7) is 3.26. The zero-order chi connectivity index (χ0) is 17.8. The maximum absolute atomic E-state index is 12.8. The Morgan fingerprint density at radius 3 is 2.44 bits per heavy atom. The lowest BCUT2D eigenvalue weighted by atomic mass is 9.94. The van der Waals surface area contributed by atoms with Gasteiger partial charge in [0.05, 0.1) is 17.9 Å². The predicted octanol–water partition coefficient (Wildman–Crippen LogP) is 3.35. The first kappa shape index (κ1) is 17.3. The molecule has 3 rings (SSSR count). The van der Waals surface area contributed by atoms with Crippen molar-refractivity contribution in [1.82, 2.24) is 9.80 Å². The molecule has 1 aromatic carbocycles. The summed E-state index contributed by atoms with van der Waals surface area (Å²) in [5.74, 6) is 0.113. The van der Waals surface area contributed by atoms with Gasteiger partial charge < -0.3 is 14.2 Å². The first-order valence-electron chi connectivity index (χ1n) is 8.71. The van der Waals surface area contributed by atoms with Gasteiger partial charge >= 0.3 is 0 Å². The summed E-state index contributed by atoms with van der Waals surface area (Å²) < 4.78 is 4.98. The van der Waals surface area contributed by atoms with E-state index in [2.05, 4.69) is 0 Å². The molecule has 0 spiro atoms. The largest absolute Gasteiger partial charge is 0.472 e. The summed E-state index contributed by atoms with van der Waals surface area (Å²) in [5.41, 5.74) is 1.70. The van der Waals surface area contributed by atoms with E-state index in [4.69, 9.17) is 4.42 Å². The van der Waals surface area contributed by atoms with E-state index in [1.165, 1.54) is 12.5 Å². The molecule has 2 aromatic rings. The number of nitrogens with zero attached hydrogens (tertiary/aromatic N) is 2. The van der Waals surface area contributed by atoms with Crippen molar-refractivity contribution < 1.29 is 14.0 Å². The SMILES string of the molecule is CC(c1ccccc1)N(C)C(=O)C1CCN(C(=O)c2ccoc2)CC1. The van der Waals surface area contributed by atoms with Crippen molar-refractivity contribution in [3.63, 3.8) is 0 Å². The van der Waals surface area contributed by atoms with Crippen LogP contribution in [0.1, 0.15) is 41.7 Å². The van der Waals surface area contributed by atoms with Crippen LogP contribution in [0, 0.1) is 5.92 Å². The van der Waals surface area contributed by atoms with Crippen LogP contribution in [0.25, 0.3) is 0 Å². The quantitative estimate of drug-likeness (QED) is 0.858. The smallest absolute Gasteiger partial charge is 0.257 e. The van der Waals surface area contributed by atoms with Crippen LogP contribution in [0.15, 0.2) is 53.3 Å². The highest BCUT2D eigenvalue weighted by molar-refractivity contribution is 5.94. The number of carbonyl (C=O) groups is 2. The van der Waals surface area contributed by atoms with E-state index in [1.54, 1.807) is 11.0 Å². The summed E-state index contributed by atoms with van der Waals surface area (Å²) in [4.78, 5) is 28.8. The van der Waals surface area contributed by atoms with Crippen LogP contribution in [-0.2, 0) is 4.79 Å². The van der Waals surface area contributed by atoms with Gasteiger partial charge in [0.15, 0.2) is 0 Å². The maximum Gasteiger partial charge on any atom is 0.257 e. The Labute approximate surface area is 148 Å². The van der Waals surface area contributed by atoms with Crippen LogP contribution in [0.2, 0.25) is 0 Å². The molecule has 1 aliphatic heterocycles. The van der Waals surface area contributed by atoms with Gasteiger partial charge in [0.25, 0.3) is 5.91 Å². The van der Waals surface area contributed by atoms with Gasteiger partial charge in [0, 0.05) is 26.1 Å². The van der Waals surface area contributed by atoms with Crippen LogP contribution < -0.4 is 0 Å². The summed E-state index contributed by atoms with van der Waals surface area (Å²) in [7, 11) is 1.86. The Kier molecular flexibility index (Phi) is 5.22. The third-order valence-corrected chi connectivity index (χ3v) is 5.11. The minimum atomic E-state index is -0.0236. The monoisotopic (exact) mass is 340 g/mol. The fourth-order valence-electron chi connectivity index (χ4n) is 3.33. The molecule has 1 saturated heterocycles. The Hall–Kier alpha value is -2.56. The lowest BCUT2D eigenvalue weighted by Crippen LogP contribution is -2.43. The number of rotatable bonds is 4. The van der Waals surface area contributed by atoms with Crippen molar-refractivity contribution in [3.05, 3.63) is 60.1 Å². The number of carbonyl (C=O) groups excluding carboxylic acids is 2. The van der Waals surface area contributed by atoms with Crippen molar-refractivity contribution in [2.24, 2.45) is 5.92 Å². The number of piperidine rings is 1. The molecular formula is C20H24N2O3. The maximum atomic E-state index is 12.8. The zero-order valence-corrected chi connectivity index (χ0v) is 14.7. The topological polar surface area (TPSA) is 53.8 Å². The Morgan fingerprint density at radius 1 is 1.16 bits per heavy atom. The van der Waals surface area contributed by atoms with E-state index < -0.39 is 0 Å². The fourth-order valence-corrected chi connectivity index (χ4v) is 3.33. The van der Waals surface area contributed by atoms with E-state index in [-0.39, 0.29) is 23.8 Å². The molecule has 1 unspecified atom stereocenters. The second-order valence-electron chi connectivity index (χ2n) is 6.61. The molecule has 5 heteroatoms. The molecule has 0 N–H and O–H groups in total. The highest BCUT2D eigenvalue weighted by Gasteiger charge is 2.31. The van der Waals surface area contributed by atoms with Crippen molar-refractivity contribution in [2.75, 3.05) is 20.1 Å². The first-order valence-corrected chi connectivity index (χ1v) is 8.71. The number of likely N-dealkylation sites (tertiary alicyclic amines) is 1. The lowest BCUT2D eigenvalue weighted by Gasteiger charge is -2.35. The summed E-state index contributed by atoms with van der Waals surface area (Å²) in [5, 5.41) is 0. The molecule has 0 radical (unpaired) electrons. The summed E-state index contributed by atoms with van der Waals surface area (Å²) in [6, 6.07) is 11.8. The van der Waals surface area contributed by atoms with Crippen LogP contribution in [-0.4, -0.2) is 41.8 Å². The van der Waals surface area contributed by atoms with Crippen molar-refractivity contribution in [3.8, 4) is 0 Å². The van der Waals surface area contributed by atoms with Crippen molar-refractivity contribution >= 4 is 11.8 Å². The molecule has 0 saturated carbocycles. The molecule has 1 fully saturated rings. The molecule has 1 aromatic heterocycles. The lowest BCUT2D eigenvalue weighted by molar-refractivity contribution is -0.137. The van der Waals surface area contributed by atoms with E-state index in [9.17, 15) is 9.59 Å². The average molecular weight is 340 g/mol. The molecular weight excluding hydrogens is 316 g/mol. The third-order valence-electron chi connectivity index (χ3n) is 5.11. The van der Waals surface area contributed by atoms with Crippen LogP contribution in [0.5, 0.6) is 0 Å². The predicted molar refractivity (Wildman–Crippen MR) is 95.0 cm³/mol. The molecule has 25 heavy (non-hydrogen) atoms. The molecule has 0 aliphatic carbocycles. The Morgan fingerprint density at radius 2 is 1.84 bits per heavy atom. The van der Waals surface area contributed by atoms with E-state index >= 15 is 0 Å². The molecule has 1 aliphatic rings. The van der Waals surface area contributed by atoms with Crippen molar-refractivity contribution in [2.45, 2.75) is 25.8 Å². The van der Waals surface area contributed by atoms with Crippen molar-refractivity contribution in [1.29, 1.82) is 0 Å². The van der Waals surface area contributed by atoms with Gasteiger partial charge in [0.2, 0.25) is 5.91 Å². The zero-order valence-electron chi connectivity index (χ0n) is 14.7. The van der Waals surface area contributed by atoms with Gasteiger partial charge in [-0.1, -0.05) is 30.3 Å². The van der Waals surface area contributed by atoms with Crippen LogP contribution in [0.3, 0.4) is 0 Å². The van der Waals surface area contributed by atoms with Gasteiger partial charge in [0.1, 0.15) is 6.26 Å². The van der Waals surface area contributed by atoms with Gasteiger partial charge in [-0.3, -0.25) is 9.59 Å². The number of amides is 2. The average Bonchev–Trinajstić information content (AvgIpc) is 3.21. The third kappa shape index (κ3) is 3.76. The fraction of sp³-hybridized carbons (Fsp3) is 0.400. The molecule has 0 bridgehead atoms. The first-order chi connectivity index (χ1) is 12.1. The number of hydrogen-bond donors (Lipinski definition) is 0. The normalized spacial score (nSPS) is 16.5. The van der Waals surface area contributed by atoms with Gasteiger partial charge in [-0.2, -0.15) is 0 Å². The second-order valence-corrected chi connectivity index (χ2v) is 6.61. The summed E-state index contributed by atoms with van der Waals surface area (Å²) >= 11 is 0. The second kappa shape index (κ2) is 7.55. The summed E-state index contributed by atoms with van der Waals surface area (Å²) in [6.07, 6.45) is 4.38. The Balaban J connectivity index is 1.57. The van der Waals surface area contributed by atoms with Crippen LogP contribution >= 0.6 is 0 Å². The number of benzene rings is 1. The minimum absolute atomic E-state index is 0.0225. The highest BCUT2D eigenvalue weighted by Crippen LogP contribution is 2.25. The van der Waals surface area contributed by atoms with Gasteiger partial charge in [-0.05, 0) is 31.4 Å². The van der Waals surface area contributed by atoms with E-state index in [1.807, 2.05) is 49.2 Å². The van der Waals surface area contributed by atoms with E-state index in [0.29, 0.717) is 31.5 Å². The molecule has 1 atom stereocenters. The molecule has 2 amide bonds. The number of furan rings is 1. The highest BCUT2D eigenvalue weighted by atomic mass is 16.3. The van der Waals surface area contributed by atoms with Gasteiger partial charge in [-0.15, -0.1) is 0 Å². The molecule has 5 nitrogen and oxygen atoms in total. The van der Waals surface area contributed by atoms with E-state index in [0.717, 1.165) is 5.56 Å². The molecule has 132 valence electrons. The minimum Gasteiger partial charge on any atom is -0.472 e. The number of hydrogen-bond acceptors (Lipinski definition) is 3. The molecule has 2 heterocycles. The van der Waals surface area contributed by atoms with Gasteiger partial charge in [-0.25, -0.2) is 0 Å². The Bertz CT molecular complexity index is 704.